The molecule has 1 N–H and O–H groups in total. The van der Waals surface area contributed by atoms with Gasteiger partial charge in [-0.2, -0.15) is 0 Å². The van der Waals surface area contributed by atoms with Gasteiger partial charge in [-0.25, -0.2) is 0 Å². The van der Waals surface area contributed by atoms with Crippen molar-refractivity contribution >= 4 is 17.8 Å². The Morgan fingerprint density at radius 2 is 1.97 bits per heavy atom. The van der Waals surface area contributed by atoms with Gasteiger partial charge in [0.1, 0.15) is 11.6 Å². The number of likely N-dealkylation sites (tertiary alicyclic amines) is 1. The van der Waals surface area contributed by atoms with Crippen LogP contribution in [0.2, 0.25) is 0 Å². The van der Waals surface area contributed by atoms with Gasteiger partial charge >= 0.3 is 5.97 Å². The number of hydrogen-bond acceptors (Lipinski definition) is 6. The summed E-state index contributed by atoms with van der Waals surface area (Å²) >= 11 is 0. The molecule has 1 saturated carbocycles. The minimum absolute atomic E-state index is 0.0652. The van der Waals surface area contributed by atoms with Crippen molar-refractivity contribution in [2.24, 2.45) is 11.8 Å². The monoisotopic (exact) mass is 510 g/mol. The number of hydrogen-bond donors (Lipinski definition) is 1. The van der Waals surface area contributed by atoms with E-state index in [0.29, 0.717) is 19.4 Å². The summed E-state index contributed by atoms with van der Waals surface area (Å²) in [6.45, 7) is 5.88. The molecule has 0 aromatic heterocycles. The molecular formula is C29H38N2O6. The van der Waals surface area contributed by atoms with Gasteiger partial charge in [0.25, 0.3) is 0 Å². The van der Waals surface area contributed by atoms with E-state index < -0.39 is 41.6 Å². The van der Waals surface area contributed by atoms with Gasteiger partial charge in [0, 0.05) is 12.6 Å². The van der Waals surface area contributed by atoms with E-state index in [0.717, 1.165) is 37.7 Å². The van der Waals surface area contributed by atoms with E-state index in [1.807, 2.05) is 35.2 Å². The minimum atomic E-state index is -1.12. The zero-order chi connectivity index (χ0) is 26.2. The highest BCUT2D eigenvalue weighted by molar-refractivity contribution is 5.98. The van der Waals surface area contributed by atoms with Crippen LogP contribution in [0, 0.1) is 11.8 Å². The topological polar surface area (TPSA) is 96.4 Å². The van der Waals surface area contributed by atoms with E-state index in [4.69, 9.17) is 9.47 Å². The molecule has 4 aliphatic rings. The normalized spacial score (nSPS) is 31.7. The predicted octanol–water partition coefficient (Wildman–Crippen LogP) is 3.01. The number of nitrogens with zero attached hydrogens (tertiary/aromatic N) is 2. The second-order valence-electron chi connectivity index (χ2n) is 10.7. The fourth-order valence-corrected chi connectivity index (χ4v) is 7.35. The number of rotatable bonds is 9. The lowest BCUT2D eigenvalue weighted by atomic mass is 9.70. The Bertz CT molecular complexity index is 1020. The molecule has 0 radical (unpaired) electrons. The lowest BCUT2D eigenvalue weighted by Gasteiger charge is -2.42. The number of benzene rings is 1. The van der Waals surface area contributed by atoms with Crippen LogP contribution < -0.4 is 0 Å². The van der Waals surface area contributed by atoms with Crippen molar-refractivity contribution < 1.29 is 29.0 Å². The van der Waals surface area contributed by atoms with Crippen molar-refractivity contribution in [3.05, 3.63) is 48.6 Å². The fraction of sp³-hybridized carbons (Fsp3) is 0.621. The standard InChI is InChI=1S/C29H38N2O6/c1-3-17-30(20-13-9-6-10-14-20)27(34)25-29-16-15-22(37-29)23(28(35)36-4-2)24(29)26(33)31(25)21(18-32)19-11-7-5-8-12-19/h3,5,7-8,11-12,20-25,32H,1,4,6,9-10,13-18H2,2H3/t21-,22+,23-,24+,25?,29?/m1/s1. The van der Waals surface area contributed by atoms with Crippen molar-refractivity contribution in [3.63, 3.8) is 0 Å². The number of ether oxygens (including phenoxy) is 2. The van der Waals surface area contributed by atoms with Crippen molar-refractivity contribution in [2.75, 3.05) is 19.8 Å². The van der Waals surface area contributed by atoms with Gasteiger partial charge < -0.3 is 24.4 Å². The third-order valence-corrected chi connectivity index (χ3v) is 8.85. The zero-order valence-corrected chi connectivity index (χ0v) is 21.6. The van der Waals surface area contributed by atoms with Crippen molar-refractivity contribution in [3.8, 4) is 0 Å². The smallest absolute Gasteiger partial charge is 0.312 e. The van der Waals surface area contributed by atoms with Crippen LogP contribution >= 0.6 is 0 Å². The van der Waals surface area contributed by atoms with Crippen LogP contribution in [0.25, 0.3) is 0 Å². The third kappa shape index (κ3) is 4.18. The average Bonchev–Trinajstić information content (AvgIpc) is 3.56. The van der Waals surface area contributed by atoms with Crippen LogP contribution in [-0.4, -0.2) is 76.2 Å². The van der Waals surface area contributed by atoms with Gasteiger partial charge in [0.2, 0.25) is 11.8 Å². The molecule has 2 bridgehead atoms. The number of amides is 2. The number of aliphatic hydroxyl groups is 1. The molecule has 4 fully saturated rings. The van der Waals surface area contributed by atoms with Gasteiger partial charge in [-0.1, -0.05) is 55.7 Å². The summed E-state index contributed by atoms with van der Waals surface area (Å²) in [4.78, 5) is 45.3. The van der Waals surface area contributed by atoms with Crippen LogP contribution in [0.15, 0.2) is 43.0 Å². The van der Waals surface area contributed by atoms with E-state index in [2.05, 4.69) is 6.58 Å². The van der Waals surface area contributed by atoms with Crippen LogP contribution in [0.5, 0.6) is 0 Å². The van der Waals surface area contributed by atoms with Crippen LogP contribution in [-0.2, 0) is 23.9 Å². The lowest BCUT2D eigenvalue weighted by molar-refractivity contribution is -0.157. The highest BCUT2D eigenvalue weighted by Gasteiger charge is 2.75. The highest BCUT2D eigenvalue weighted by atomic mass is 16.6. The number of aliphatic hydroxyl groups excluding tert-OH is 1. The lowest BCUT2D eigenvalue weighted by Crippen LogP contribution is -2.59. The largest absolute Gasteiger partial charge is 0.466 e. The quantitative estimate of drug-likeness (QED) is 0.405. The maximum atomic E-state index is 14.6. The molecule has 1 spiro atoms. The molecule has 1 aromatic carbocycles. The molecule has 8 heteroatoms. The third-order valence-electron chi connectivity index (χ3n) is 8.85. The first-order valence-electron chi connectivity index (χ1n) is 13.7. The molecule has 1 aromatic rings. The predicted molar refractivity (Wildman–Crippen MR) is 136 cm³/mol. The number of carbonyl (C=O) groups is 3. The first-order chi connectivity index (χ1) is 18.0. The molecule has 6 atom stereocenters. The summed E-state index contributed by atoms with van der Waals surface area (Å²) in [5, 5.41) is 10.6. The summed E-state index contributed by atoms with van der Waals surface area (Å²) in [7, 11) is 0. The summed E-state index contributed by atoms with van der Waals surface area (Å²) in [6, 6.07) is 7.68. The SMILES string of the molecule is C=CCN(C(=O)C1N([C@H](CO)c2ccccc2)C(=O)[C@@H]2[C@H](C(=O)OCC)[C@@H]3CCC12O3)C1CCCCC1. The first-order valence-corrected chi connectivity index (χ1v) is 13.7. The Morgan fingerprint density at radius 3 is 2.62 bits per heavy atom. The maximum Gasteiger partial charge on any atom is 0.312 e. The zero-order valence-electron chi connectivity index (χ0n) is 21.6. The Labute approximate surface area is 218 Å². The van der Waals surface area contributed by atoms with Crippen molar-refractivity contribution in [2.45, 2.75) is 81.7 Å². The summed E-state index contributed by atoms with van der Waals surface area (Å²) in [5.41, 5.74) is -0.380. The van der Waals surface area contributed by atoms with E-state index in [1.54, 1.807) is 13.0 Å². The maximum absolute atomic E-state index is 14.6. The van der Waals surface area contributed by atoms with E-state index in [9.17, 15) is 19.5 Å². The number of esters is 1. The molecule has 37 heavy (non-hydrogen) atoms. The second-order valence-corrected chi connectivity index (χ2v) is 10.7. The molecule has 1 aliphatic carbocycles. The van der Waals surface area contributed by atoms with E-state index in [1.165, 1.54) is 4.90 Å². The molecule has 3 heterocycles. The Morgan fingerprint density at radius 1 is 1.24 bits per heavy atom. The highest BCUT2D eigenvalue weighted by Crippen LogP contribution is 2.60. The van der Waals surface area contributed by atoms with Crippen LogP contribution in [0.4, 0.5) is 0 Å². The van der Waals surface area contributed by atoms with Gasteiger partial charge in [-0.05, 0) is 38.2 Å². The van der Waals surface area contributed by atoms with E-state index >= 15 is 0 Å². The van der Waals surface area contributed by atoms with Crippen LogP contribution in [0.1, 0.15) is 63.5 Å². The Hall–Kier alpha value is -2.71. The number of carbonyl (C=O) groups excluding carboxylic acids is 3. The van der Waals surface area contributed by atoms with E-state index in [-0.39, 0.29) is 31.1 Å². The summed E-state index contributed by atoms with van der Waals surface area (Å²) in [5.74, 6) is -2.50. The van der Waals surface area contributed by atoms with Crippen molar-refractivity contribution in [1.82, 2.24) is 9.80 Å². The molecule has 8 nitrogen and oxygen atoms in total. The van der Waals surface area contributed by atoms with Gasteiger partial charge in [0.05, 0.1) is 37.2 Å². The molecule has 2 amide bonds. The second kappa shape index (κ2) is 10.6. The van der Waals surface area contributed by atoms with Crippen LogP contribution in [0.3, 0.4) is 0 Å². The Balaban J connectivity index is 1.60. The van der Waals surface area contributed by atoms with Crippen molar-refractivity contribution in [1.29, 1.82) is 0 Å². The minimum Gasteiger partial charge on any atom is -0.466 e. The summed E-state index contributed by atoms with van der Waals surface area (Å²) < 4.78 is 11.9. The molecule has 3 saturated heterocycles. The number of fused-ring (bicyclic) bond motifs is 1. The summed E-state index contributed by atoms with van der Waals surface area (Å²) in [6.07, 6.45) is 7.47. The average molecular weight is 511 g/mol. The van der Waals surface area contributed by atoms with Gasteiger partial charge in [-0.3, -0.25) is 14.4 Å². The molecule has 2 unspecified atom stereocenters. The first kappa shape index (κ1) is 25.9. The molecular weight excluding hydrogens is 472 g/mol. The molecule has 3 aliphatic heterocycles. The Kier molecular flexibility index (Phi) is 7.41. The molecule has 5 rings (SSSR count). The van der Waals surface area contributed by atoms with Gasteiger partial charge in [-0.15, -0.1) is 6.58 Å². The fourth-order valence-electron chi connectivity index (χ4n) is 7.35. The van der Waals surface area contributed by atoms with Gasteiger partial charge in [0.15, 0.2) is 0 Å². The molecule has 200 valence electrons.